The molecule has 2 N–H and O–H groups in total. The Balaban J connectivity index is 0.00000512. The molecule has 0 saturated heterocycles. The zero-order valence-electron chi connectivity index (χ0n) is 19.6. The third-order valence-corrected chi connectivity index (χ3v) is 4.89. The minimum atomic E-state index is 0. The van der Waals surface area contributed by atoms with E-state index in [4.69, 9.17) is 9.47 Å². The van der Waals surface area contributed by atoms with Crippen molar-refractivity contribution in [2.75, 3.05) is 48.5 Å². The number of carbonyl (C=O) groups is 1. The first-order chi connectivity index (χ1) is 15.0. The summed E-state index contributed by atoms with van der Waals surface area (Å²) in [6, 6.07) is 13.8. The fraction of sp³-hybridized carbons (Fsp3) is 0.417. The Labute approximate surface area is 208 Å². The fourth-order valence-electron chi connectivity index (χ4n) is 3.20. The number of guanidine groups is 1. The predicted molar refractivity (Wildman–Crippen MR) is 141 cm³/mol. The molecule has 0 unspecified atom stereocenters. The summed E-state index contributed by atoms with van der Waals surface area (Å²) in [6.45, 7) is 1.54. The first-order valence-electron chi connectivity index (χ1n) is 10.4. The third kappa shape index (κ3) is 8.57. The number of aryl methyl sites for hydroxylation is 1. The van der Waals surface area contributed by atoms with Gasteiger partial charge < -0.3 is 25.0 Å². The Kier molecular flexibility index (Phi) is 12.5. The van der Waals surface area contributed by atoms with E-state index in [0.717, 1.165) is 55.4 Å². The average molecular weight is 554 g/mol. The molecule has 2 aromatic rings. The zero-order valence-corrected chi connectivity index (χ0v) is 21.9. The van der Waals surface area contributed by atoms with Crippen LogP contribution in [0.2, 0.25) is 0 Å². The quantitative estimate of drug-likeness (QED) is 0.204. The van der Waals surface area contributed by atoms with Gasteiger partial charge in [-0.3, -0.25) is 9.79 Å². The molecular formula is C24H35IN4O3. The van der Waals surface area contributed by atoms with E-state index < -0.39 is 0 Å². The van der Waals surface area contributed by atoms with Crippen LogP contribution in [0.5, 0.6) is 11.5 Å². The van der Waals surface area contributed by atoms with Crippen LogP contribution in [0.15, 0.2) is 47.5 Å². The molecular weight excluding hydrogens is 519 g/mol. The number of amides is 1. The summed E-state index contributed by atoms with van der Waals surface area (Å²) < 4.78 is 10.6. The lowest BCUT2D eigenvalue weighted by Gasteiger charge is -2.13. The van der Waals surface area contributed by atoms with E-state index in [0.29, 0.717) is 5.56 Å². The Morgan fingerprint density at radius 2 is 1.62 bits per heavy atom. The highest BCUT2D eigenvalue weighted by Gasteiger charge is 2.08. The Bertz CT molecular complexity index is 887. The lowest BCUT2D eigenvalue weighted by molar-refractivity contribution is 0.0827. The molecule has 2 rings (SSSR count). The van der Waals surface area contributed by atoms with Gasteiger partial charge in [-0.15, -0.1) is 24.0 Å². The Hall–Kier alpha value is -2.49. The molecule has 0 radical (unpaired) electrons. The van der Waals surface area contributed by atoms with Crippen molar-refractivity contribution < 1.29 is 14.3 Å². The standard InChI is InChI=1S/C24H34N4O3.HI/c1-25-24(26-14-7-9-18-11-12-21(30-4)22(17-18)31-5)27-15-13-19-8-6-10-20(16-19)23(29)28(2)3;/h6,8,10-12,16-17H,7,9,13-15H2,1-5H3,(H2,25,26,27);1H. The summed E-state index contributed by atoms with van der Waals surface area (Å²) in [6.07, 6.45) is 2.70. The third-order valence-electron chi connectivity index (χ3n) is 4.89. The van der Waals surface area contributed by atoms with Crippen molar-refractivity contribution in [2.45, 2.75) is 19.3 Å². The number of halogens is 1. The van der Waals surface area contributed by atoms with Gasteiger partial charge in [0.15, 0.2) is 17.5 Å². The molecule has 7 nitrogen and oxygen atoms in total. The molecule has 0 heterocycles. The number of aliphatic imine (C=N–C) groups is 1. The second kappa shape index (κ2) is 14.5. The average Bonchev–Trinajstić information content (AvgIpc) is 2.79. The molecule has 176 valence electrons. The fourth-order valence-corrected chi connectivity index (χ4v) is 3.20. The lowest BCUT2D eigenvalue weighted by Crippen LogP contribution is -2.38. The van der Waals surface area contributed by atoms with E-state index >= 15 is 0 Å². The van der Waals surface area contributed by atoms with Gasteiger partial charge in [0.1, 0.15) is 0 Å². The van der Waals surface area contributed by atoms with Crippen LogP contribution in [0.1, 0.15) is 27.9 Å². The maximum Gasteiger partial charge on any atom is 0.253 e. The molecule has 0 aliphatic rings. The summed E-state index contributed by atoms with van der Waals surface area (Å²) in [5.41, 5.74) is 3.03. The van der Waals surface area contributed by atoms with Crippen molar-refractivity contribution in [2.24, 2.45) is 4.99 Å². The number of nitrogens with one attached hydrogen (secondary N) is 2. The van der Waals surface area contributed by atoms with E-state index in [1.807, 2.05) is 36.4 Å². The predicted octanol–water partition coefficient (Wildman–Crippen LogP) is 3.36. The molecule has 0 spiro atoms. The SMILES string of the molecule is CN=C(NCCCc1ccc(OC)c(OC)c1)NCCc1cccc(C(=O)N(C)C)c1.I. The molecule has 1 amide bonds. The van der Waals surface area contributed by atoms with Gasteiger partial charge in [-0.25, -0.2) is 0 Å². The van der Waals surface area contributed by atoms with Crippen molar-refractivity contribution in [3.05, 3.63) is 59.2 Å². The van der Waals surface area contributed by atoms with Gasteiger partial charge in [-0.05, 0) is 54.7 Å². The van der Waals surface area contributed by atoms with Gasteiger partial charge in [0.25, 0.3) is 5.91 Å². The summed E-state index contributed by atoms with van der Waals surface area (Å²) in [7, 11) is 8.57. The van der Waals surface area contributed by atoms with Crippen LogP contribution in [0.4, 0.5) is 0 Å². The molecule has 0 aromatic heterocycles. The Morgan fingerprint density at radius 1 is 0.938 bits per heavy atom. The molecule has 32 heavy (non-hydrogen) atoms. The lowest BCUT2D eigenvalue weighted by atomic mass is 10.1. The maximum absolute atomic E-state index is 12.1. The molecule has 0 bridgehead atoms. The number of methoxy groups -OCH3 is 2. The number of hydrogen-bond acceptors (Lipinski definition) is 4. The van der Waals surface area contributed by atoms with Crippen molar-refractivity contribution >= 4 is 35.8 Å². The molecule has 0 atom stereocenters. The summed E-state index contributed by atoms with van der Waals surface area (Å²) >= 11 is 0. The molecule has 2 aromatic carbocycles. The smallest absolute Gasteiger partial charge is 0.253 e. The van der Waals surface area contributed by atoms with Crippen LogP contribution in [0.25, 0.3) is 0 Å². The number of carbonyl (C=O) groups excluding carboxylic acids is 1. The van der Waals surface area contributed by atoms with E-state index in [9.17, 15) is 4.79 Å². The van der Waals surface area contributed by atoms with Gasteiger partial charge >= 0.3 is 0 Å². The van der Waals surface area contributed by atoms with E-state index in [2.05, 4.69) is 21.7 Å². The molecule has 0 saturated carbocycles. The van der Waals surface area contributed by atoms with Crippen LogP contribution < -0.4 is 20.1 Å². The van der Waals surface area contributed by atoms with Gasteiger partial charge in [0.2, 0.25) is 0 Å². The van der Waals surface area contributed by atoms with Crippen molar-refractivity contribution in [3.8, 4) is 11.5 Å². The summed E-state index contributed by atoms with van der Waals surface area (Å²) in [5.74, 6) is 2.28. The first-order valence-corrected chi connectivity index (χ1v) is 10.4. The summed E-state index contributed by atoms with van der Waals surface area (Å²) in [4.78, 5) is 18.0. The van der Waals surface area contributed by atoms with Crippen LogP contribution in [0, 0.1) is 0 Å². The second-order valence-electron chi connectivity index (χ2n) is 7.37. The number of rotatable bonds is 10. The largest absolute Gasteiger partial charge is 0.493 e. The van der Waals surface area contributed by atoms with Gasteiger partial charge in [-0.1, -0.05) is 18.2 Å². The highest BCUT2D eigenvalue weighted by Crippen LogP contribution is 2.27. The molecule has 0 fully saturated rings. The summed E-state index contributed by atoms with van der Waals surface area (Å²) in [5, 5.41) is 6.67. The van der Waals surface area contributed by atoms with Crippen LogP contribution in [-0.2, 0) is 12.8 Å². The molecule has 8 heteroatoms. The molecule has 0 aliphatic heterocycles. The highest BCUT2D eigenvalue weighted by molar-refractivity contribution is 14.0. The molecule has 0 aliphatic carbocycles. The van der Waals surface area contributed by atoms with E-state index in [1.54, 1.807) is 40.3 Å². The second-order valence-corrected chi connectivity index (χ2v) is 7.37. The number of ether oxygens (including phenoxy) is 2. The normalized spacial score (nSPS) is 10.7. The van der Waals surface area contributed by atoms with Crippen LogP contribution in [0.3, 0.4) is 0 Å². The minimum Gasteiger partial charge on any atom is -0.493 e. The Morgan fingerprint density at radius 3 is 2.28 bits per heavy atom. The van der Waals surface area contributed by atoms with E-state index in [1.165, 1.54) is 5.56 Å². The maximum atomic E-state index is 12.1. The number of benzene rings is 2. The van der Waals surface area contributed by atoms with Crippen molar-refractivity contribution in [1.29, 1.82) is 0 Å². The van der Waals surface area contributed by atoms with Crippen molar-refractivity contribution in [1.82, 2.24) is 15.5 Å². The zero-order chi connectivity index (χ0) is 22.6. The topological polar surface area (TPSA) is 75.2 Å². The first kappa shape index (κ1) is 27.5. The van der Waals surface area contributed by atoms with Gasteiger partial charge in [0, 0.05) is 39.8 Å². The minimum absolute atomic E-state index is 0. The number of hydrogen-bond donors (Lipinski definition) is 2. The van der Waals surface area contributed by atoms with Crippen LogP contribution >= 0.6 is 24.0 Å². The van der Waals surface area contributed by atoms with E-state index in [-0.39, 0.29) is 29.9 Å². The monoisotopic (exact) mass is 554 g/mol. The van der Waals surface area contributed by atoms with Gasteiger partial charge in [0.05, 0.1) is 14.2 Å². The van der Waals surface area contributed by atoms with Crippen molar-refractivity contribution in [3.63, 3.8) is 0 Å². The number of nitrogens with zero attached hydrogens (tertiary/aromatic N) is 2. The highest BCUT2D eigenvalue weighted by atomic mass is 127. The van der Waals surface area contributed by atoms with Crippen LogP contribution in [-0.4, -0.2) is 65.2 Å². The van der Waals surface area contributed by atoms with Gasteiger partial charge in [-0.2, -0.15) is 0 Å².